The Bertz CT molecular complexity index is 1910. The Labute approximate surface area is 265 Å². The number of hydrogen-bond acceptors (Lipinski definition) is 3. The molecular weight excluding hydrogens is 556 g/mol. The highest BCUT2D eigenvalue weighted by molar-refractivity contribution is 5.93. The van der Waals surface area contributed by atoms with Gasteiger partial charge in [-0.15, -0.1) is 0 Å². The Morgan fingerprint density at radius 2 is 1.31 bits per heavy atom. The zero-order valence-electron chi connectivity index (χ0n) is 26.3. The Morgan fingerprint density at radius 1 is 0.667 bits per heavy atom. The number of aryl methyl sites for hydroxylation is 2. The Morgan fingerprint density at radius 3 is 1.98 bits per heavy atom. The van der Waals surface area contributed by atoms with Gasteiger partial charge in [0.05, 0.1) is 33.9 Å². The molecule has 0 saturated heterocycles. The van der Waals surface area contributed by atoms with Crippen LogP contribution in [0.4, 0.5) is 0 Å². The van der Waals surface area contributed by atoms with Crippen molar-refractivity contribution in [2.24, 2.45) is 0 Å². The number of rotatable bonds is 12. The third kappa shape index (κ3) is 7.01. The minimum absolute atomic E-state index is 0.276. The summed E-state index contributed by atoms with van der Waals surface area (Å²) in [5.74, 6) is -0.926. The lowest BCUT2D eigenvalue weighted by Crippen LogP contribution is -1.96. The molecule has 0 amide bonds. The second-order valence-electron chi connectivity index (χ2n) is 12.1. The van der Waals surface area contributed by atoms with E-state index in [0.717, 1.165) is 88.1 Å². The first-order valence-electron chi connectivity index (χ1n) is 16.5. The van der Waals surface area contributed by atoms with E-state index in [0.29, 0.717) is 0 Å². The van der Waals surface area contributed by atoms with Crippen molar-refractivity contribution in [1.29, 1.82) is 0 Å². The third-order valence-corrected chi connectivity index (χ3v) is 8.73. The third-order valence-electron chi connectivity index (χ3n) is 8.73. The number of carboxylic acids is 1. The maximum atomic E-state index is 11.6. The Kier molecular flexibility index (Phi) is 9.39. The van der Waals surface area contributed by atoms with Gasteiger partial charge in [-0.1, -0.05) is 64.5 Å². The molecule has 8 bridgehead atoms. The lowest BCUT2D eigenvalue weighted by atomic mass is 9.99. The van der Waals surface area contributed by atoms with Crippen LogP contribution in [0.15, 0.2) is 54.6 Å². The molecule has 0 radical (unpaired) electrons. The normalized spacial score (nSPS) is 12.2. The van der Waals surface area contributed by atoms with Gasteiger partial charge in [-0.25, -0.2) is 14.8 Å². The van der Waals surface area contributed by atoms with Crippen molar-refractivity contribution >= 4 is 52.3 Å². The summed E-state index contributed by atoms with van der Waals surface area (Å²) in [4.78, 5) is 29.2. The van der Waals surface area contributed by atoms with Crippen LogP contribution >= 0.6 is 0 Å². The molecule has 0 fully saturated rings. The summed E-state index contributed by atoms with van der Waals surface area (Å²) >= 11 is 0. The fourth-order valence-electron chi connectivity index (χ4n) is 6.29. The van der Waals surface area contributed by atoms with E-state index in [-0.39, 0.29) is 5.56 Å². The summed E-state index contributed by atoms with van der Waals surface area (Å²) in [6.45, 7) is 4.48. The van der Waals surface area contributed by atoms with Gasteiger partial charge in [0.25, 0.3) is 0 Å². The second-order valence-corrected chi connectivity index (χ2v) is 12.1. The zero-order valence-corrected chi connectivity index (χ0v) is 26.3. The molecule has 0 spiro atoms. The van der Waals surface area contributed by atoms with Crippen LogP contribution < -0.4 is 0 Å². The lowest BCUT2D eigenvalue weighted by molar-refractivity contribution is 0.0697. The summed E-state index contributed by atoms with van der Waals surface area (Å²) in [5.41, 5.74) is 12.6. The predicted molar refractivity (Wildman–Crippen MR) is 187 cm³/mol. The van der Waals surface area contributed by atoms with E-state index >= 15 is 0 Å². The van der Waals surface area contributed by atoms with Crippen LogP contribution in [0, 0.1) is 0 Å². The highest BCUT2D eigenvalue weighted by Crippen LogP contribution is 2.33. The summed E-state index contributed by atoms with van der Waals surface area (Å²) in [7, 11) is 0. The molecule has 45 heavy (non-hydrogen) atoms. The summed E-state index contributed by atoms with van der Waals surface area (Å²) in [5, 5.41) is 9.51. The minimum Gasteiger partial charge on any atom is -0.478 e. The molecule has 0 aliphatic carbocycles. The zero-order chi connectivity index (χ0) is 31.2. The molecular formula is C39H42N4O2. The number of H-pyrrole nitrogens is 2. The van der Waals surface area contributed by atoms with Gasteiger partial charge in [0.2, 0.25) is 0 Å². The van der Waals surface area contributed by atoms with Gasteiger partial charge in [0.15, 0.2) is 0 Å². The van der Waals surface area contributed by atoms with E-state index in [1.54, 1.807) is 12.1 Å². The van der Waals surface area contributed by atoms with Gasteiger partial charge in [0.1, 0.15) is 0 Å². The molecule has 4 aromatic rings. The van der Waals surface area contributed by atoms with Crippen LogP contribution in [0.2, 0.25) is 0 Å². The van der Waals surface area contributed by atoms with Gasteiger partial charge in [-0.3, -0.25) is 0 Å². The van der Waals surface area contributed by atoms with Crippen molar-refractivity contribution in [3.63, 3.8) is 0 Å². The molecule has 6 heteroatoms. The average Bonchev–Trinajstić information content (AvgIpc) is 3.86. The summed E-state index contributed by atoms with van der Waals surface area (Å²) in [6, 6.07) is 17.8. The number of fused-ring (bicyclic) bond motifs is 8. The van der Waals surface area contributed by atoms with Crippen molar-refractivity contribution in [3.8, 4) is 11.1 Å². The highest BCUT2D eigenvalue weighted by Gasteiger charge is 2.16. The first kappa shape index (κ1) is 30.3. The standard InChI is InChI=1S/C39H42N4O2/c1-3-5-7-9-11-32-35-20-19-30(41-35)23-28-17-18-29(40-28)24-31-25-34(26-13-15-27(16-14-26)39(44)45)38(42-31)33(12-10-8-6-4-2)37-22-21-36(32)43-37/h13-25,41-42H,3-12H2,1-2H3,(H,44,45). The van der Waals surface area contributed by atoms with Crippen LogP contribution in [0.1, 0.15) is 109 Å². The van der Waals surface area contributed by atoms with Crippen LogP contribution in [0.3, 0.4) is 0 Å². The number of aromatic nitrogens is 4. The van der Waals surface area contributed by atoms with Crippen molar-refractivity contribution < 1.29 is 9.90 Å². The van der Waals surface area contributed by atoms with Gasteiger partial charge < -0.3 is 15.1 Å². The molecule has 2 aliphatic rings. The molecule has 3 N–H and O–H groups in total. The topological polar surface area (TPSA) is 94.7 Å². The molecule has 2 aliphatic heterocycles. The SMILES string of the molecule is CCCCCCc1c2nc(c(CCCCCC)c3[nH]c(cc4nc(cc5ccc1[nH]5)C=C4)cc3-c1ccc(C(=O)O)cc1)C=C2. The average molecular weight is 599 g/mol. The van der Waals surface area contributed by atoms with Crippen LogP contribution in [0.25, 0.3) is 57.5 Å². The molecule has 1 aromatic carbocycles. The Balaban J connectivity index is 1.63. The maximum absolute atomic E-state index is 11.6. The number of aromatic carboxylic acids is 1. The van der Waals surface area contributed by atoms with Gasteiger partial charge in [-0.2, -0.15) is 0 Å². The maximum Gasteiger partial charge on any atom is 0.335 e. The fourth-order valence-corrected chi connectivity index (χ4v) is 6.29. The van der Waals surface area contributed by atoms with Crippen molar-refractivity contribution in [3.05, 3.63) is 94.1 Å². The van der Waals surface area contributed by atoms with Gasteiger partial charge >= 0.3 is 5.97 Å². The Hall–Kier alpha value is -4.71. The van der Waals surface area contributed by atoms with Crippen molar-refractivity contribution in [1.82, 2.24) is 19.9 Å². The van der Waals surface area contributed by atoms with E-state index in [2.05, 4.69) is 66.3 Å². The summed E-state index contributed by atoms with van der Waals surface area (Å²) in [6.07, 6.45) is 19.7. The number of nitrogens with zero attached hydrogens (tertiary/aromatic N) is 2. The second kappa shape index (κ2) is 13.9. The highest BCUT2D eigenvalue weighted by atomic mass is 16.4. The first-order chi connectivity index (χ1) is 22.0. The van der Waals surface area contributed by atoms with E-state index in [4.69, 9.17) is 9.97 Å². The van der Waals surface area contributed by atoms with E-state index < -0.39 is 5.97 Å². The quantitative estimate of drug-likeness (QED) is 0.122. The largest absolute Gasteiger partial charge is 0.478 e. The number of carboxylic acid groups (broad SMARTS) is 1. The predicted octanol–water partition coefficient (Wildman–Crippen LogP) is 10.3. The molecule has 6 rings (SSSR count). The first-order valence-corrected chi connectivity index (χ1v) is 16.5. The number of aromatic amines is 2. The molecule has 230 valence electrons. The van der Waals surface area contributed by atoms with Crippen LogP contribution in [-0.4, -0.2) is 31.0 Å². The number of benzene rings is 1. The van der Waals surface area contributed by atoms with Crippen LogP contribution in [0.5, 0.6) is 0 Å². The molecule has 5 heterocycles. The number of nitrogens with one attached hydrogen (secondary N) is 2. The smallest absolute Gasteiger partial charge is 0.335 e. The molecule has 6 nitrogen and oxygen atoms in total. The van der Waals surface area contributed by atoms with Gasteiger partial charge in [0, 0.05) is 33.2 Å². The van der Waals surface area contributed by atoms with E-state index in [1.807, 2.05) is 24.3 Å². The molecule has 0 saturated carbocycles. The monoisotopic (exact) mass is 598 g/mol. The fraction of sp³-hybridized carbons (Fsp3) is 0.308. The summed E-state index contributed by atoms with van der Waals surface area (Å²) < 4.78 is 0. The van der Waals surface area contributed by atoms with Crippen LogP contribution in [-0.2, 0) is 12.8 Å². The van der Waals surface area contributed by atoms with Crippen molar-refractivity contribution in [2.75, 3.05) is 0 Å². The molecule has 0 unspecified atom stereocenters. The number of unbranched alkanes of at least 4 members (excludes halogenated alkanes) is 6. The number of hydrogen-bond donors (Lipinski definition) is 3. The van der Waals surface area contributed by atoms with E-state index in [1.165, 1.54) is 43.2 Å². The van der Waals surface area contributed by atoms with Crippen molar-refractivity contribution in [2.45, 2.75) is 78.1 Å². The van der Waals surface area contributed by atoms with E-state index in [9.17, 15) is 9.90 Å². The molecule has 3 aromatic heterocycles. The lowest BCUT2D eigenvalue weighted by Gasteiger charge is -2.07. The van der Waals surface area contributed by atoms with Gasteiger partial charge in [-0.05, 0) is 98.0 Å². The molecule has 0 atom stereocenters. The minimum atomic E-state index is -0.926. The number of carbonyl (C=O) groups is 1.